The standard InChI is InChI=1S/C10H9NO3/c1-11-9(12)8(14-10(11)13)7-5-3-2-4-6-7/h2-6,8H,1H3/t8-/m1/s1. The molecular formula is C10H9NO3. The second-order valence-corrected chi connectivity index (χ2v) is 3.07. The Morgan fingerprint density at radius 3 is 2.36 bits per heavy atom. The summed E-state index contributed by atoms with van der Waals surface area (Å²) in [5, 5.41) is 0. The van der Waals surface area contributed by atoms with Crippen molar-refractivity contribution in [2.45, 2.75) is 6.10 Å². The van der Waals surface area contributed by atoms with Gasteiger partial charge in [0, 0.05) is 12.6 Å². The van der Waals surface area contributed by atoms with E-state index in [1.165, 1.54) is 7.05 Å². The van der Waals surface area contributed by atoms with Crippen LogP contribution in [0.1, 0.15) is 11.7 Å². The van der Waals surface area contributed by atoms with Gasteiger partial charge in [-0.3, -0.25) is 4.79 Å². The van der Waals surface area contributed by atoms with Crippen molar-refractivity contribution < 1.29 is 14.3 Å². The molecule has 0 bridgehead atoms. The molecule has 0 N–H and O–H groups in total. The van der Waals surface area contributed by atoms with Crippen LogP contribution in [-0.4, -0.2) is 23.9 Å². The first-order valence-corrected chi connectivity index (χ1v) is 4.23. The first-order chi connectivity index (χ1) is 6.70. The number of amides is 2. The first-order valence-electron chi connectivity index (χ1n) is 4.23. The summed E-state index contributed by atoms with van der Waals surface area (Å²) in [5.41, 5.74) is 0.704. The minimum Gasteiger partial charge on any atom is -0.431 e. The molecule has 0 unspecified atom stereocenters. The van der Waals surface area contributed by atoms with Gasteiger partial charge in [0.15, 0.2) is 0 Å². The third kappa shape index (κ3) is 1.25. The molecular weight excluding hydrogens is 182 g/mol. The van der Waals surface area contributed by atoms with E-state index in [-0.39, 0.29) is 5.91 Å². The Morgan fingerprint density at radius 2 is 1.86 bits per heavy atom. The molecule has 2 amide bonds. The highest BCUT2D eigenvalue weighted by atomic mass is 16.6. The van der Waals surface area contributed by atoms with Crippen LogP contribution in [0.5, 0.6) is 0 Å². The van der Waals surface area contributed by atoms with Crippen molar-refractivity contribution in [2.24, 2.45) is 0 Å². The molecule has 0 aliphatic carbocycles. The summed E-state index contributed by atoms with van der Waals surface area (Å²) in [7, 11) is 1.41. The van der Waals surface area contributed by atoms with Gasteiger partial charge in [0.05, 0.1) is 0 Å². The molecule has 1 atom stereocenters. The summed E-state index contributed by atoms with van der Waals surface area (Å²) in [6.07, 6.45) is -1.36. The molecule has 2 rings (SSSR count). The monoisotopic (exact) mass is 191 g/mol. The molecule has 1 aromatic rings. The van der Waals surface area contributed by atoms with E-state index in [0.29, 0.717) is 5.56 Å². The number of nitrogens with zero attached hydrogens (tertiary/aromatic N) is 1. The molecule has 1 fully saturated rings. The highest BCUT2D eigenvalue weighted by Gasteiger charge is 2.38. The van der Waals surface area contributed by atoms with E-state index >= 15 is 0 Å². The lowest BCUT2D eigenvalue weighted by molar-refractivity contribution is -0.129. The lowest BCUT2D eigenvalue weighted by Gasteiger charge is -2.05. The molecule has 0 spiro atoms. The summed E-state index contributed by atoms with van der Waals surface area (Å²) in [6.45, 7) is 0. The minimum absolute atomic E-state index is 0.318. The summed E-state index contributed by atoms with van der Waals surface area (Å²) < 4.78 is 4.91. The number of likely N-dealkylation sites (N-methyl/N-ethyl adjacent to an activating group) is 1. The first kappa shape index (κ1) is 8.74. The fourth-order valence-corrected chi connectivity index (χ4v) is 1.33. The third-order valence-corrected chi connectivity index (χ3v) is 2.15. The van der Waals surface area contributed by atoms with Gasteiger partial charge in [0.2, 0.25) is 6.10 Å². The molecule has 1 aliphatic rings. The average Bonchev–Trinajstić information content (AvgIpc) is 2.47. The molecule has 0 aromatic heterocycles. The quantitative estimate of drug-likeness (QED) is 0.672. The Bertz CT molecular complexity index is 374. The van der Waals surface area contributed by atoms with Crippen molar-refractivity contribution >= 4 is 12.0 Å². The predicted octanol–water partition coefficient (Wildman–Crippen LogP) is 1.34. The molecule has 1 aromatic carbocycles. The largest absolute Gasteiger partial charge is 0.431 e. The highest BCUT2D eigenvalue weighted by molar-refractivity contribution is 6.00. The summed E-state index contributed by atoms with van der Waals surface area (Å²) in [5.74, 6) is -0.318. The number of hydrogen-bond donors (Lipinski definition) is 0. The van der Waals surface area contributed by atoms with Crippen LogP contribution in [0.4, 0.5) is 4.79 Å². The Kier molecular flexibility index (Phi) is 1.96. The number of imide groups is 1. The van der Waals surface area contributed by atoms with Crippen molar-refractivity contribution in [1.82, 2.24) is 4.90 Å². The van der Waals surface area contributed by atoms with Crippen LogP contribution in [0.3, 0.4) is 0 Å². The zero-order valence-electron chi connectivity index (χ0n) is 7.64. The lowest BCUT2D eigenvalue weighted by atomic mass is 10.1. The van der Waals surface area contributed by atoms with Gasteiger partial charge >= 0.3 is 6.09 Å². The molecule has 1 aliphatic heterocycles. The molecule has 4 nitrogen and oxygen atoms in total. The van der Waals surface area contributed by atoms with Gasteiger partial charge in [-0.25, -0.2) is 9.69 Å². The zero-order valence-corrected chi connectivity index (χ0v) is 7.64. The molecule has 0 saturated carbocycles. The molecule has 1 heterocycles. The summed E-state index contributed by atoms with van der Waals surface area (Å²) >= 11 is 0. The van der Waals surface area contributed by atoms with Crippen LogP contribution in [0.25, 0.3) is 0 Å². The number of benzene rings is 1. The van der Waals surface area contributed by atoms with Gasteiger partial charge in [0.25, 0.3) is 5.91 Å². The predicted molar refractivity (Wildman–Crippen MR) is 48.4 cm³/mol. The molecule has 0 radical (unpaired) electrons. The van der Waals surface area contributed by atoms with Crippen LogP contribution in [0.2, 0.25) is 0 Å². The van der Waals surface area contributed by atoms with E-state index in [1.807, 2.05) is 6.07 Å². The van der Waals surface area contributed by atoms with Crippen LogP contribution < -0.4 is 0 Å². The number of hydrogen-bond acceptors (Lipinski definition) is 3. The highest BCUT2D eigenvalue weighted by Crippen LogP contribution is 2.25. The third-order valence-electron chi connectivity index (χ3n) is 2.15. The van der Waals surface area contributed by atoms with Crippen LogP contribution >= 0.6 is 0 Å². The number of rotatable bonds is 1. The maximum atomic E-state index is 11.5. The zero-order chi connectivity index (χ0) is 10.1. The summed E-state index contributed by atoms with van der Waals surface area (Å²) in [6, 6.07) is 8.96. The number of carbonyl (C=O) groups excluding carboxylic acids is 2. The van der Waals surface area contributed by atoms with Crippen LogP contribution in [0.15, 0.2) is 30.3 Å². The van der Waals surface area contributed by atoms with Crippen molar-refractivity contribution in [3.05, 3.63) is 35.9 Å². The van der Waals surface area contributed by atoms with Gasteiger partial charge < -0.3 is 4.74 Å². The Balaban J connectivity index is 2.30. The fraction of sp³-hybridized carbons (Fsp3) is 0.200. The molecule has 1 saturated heterocycles. The normalized spacial score (nSPS) is 21.2. The van der Waals surface area contributed by atoms with Crippen LogP contribution in [0, 0.1) is 0 Å². The smallest absolute Gasteiger partial charge is 0.417 e. The number of carbonyl (C=O) groups is 2. The van der Waals surface area contributed by atoms with Gasteiger partial charge in [-0.1, -0.05) is 30.3 Å². The van der Waals surface area contributed by atoms with Crippen molar-refractivity contribution in [3.63, 3.8) is 0 Å². The van der Waals surface area contributed by atoms with Gasteiger partial charge in [-0.15, -0.1) is 0 Å². The number of cyclic esters (lactones) is 1. The van der Waals surface area contributed by atoms with E-state index in [1.54, 1.807) is 24.3 Å². The lowest BCUT2D eigenvalue weighted by Crippen LogP contribution is -2.24. The Hall–Kier alpha value is -1.84. The van der Waals surface area contributed by atoms with E-state index in [4.69, 9.17) is 4.74 Å². The van der Waals surface area contributed by atoms with Crippen molar-refractivity contribution in [3.8, 4) is 0 Å². The second kappa shape index (κ2) is 3.14. The van der Waals surface area contributed by atoms with E-state index in [9.17, 15) is 9.59 Å². The van der Waals surface area contributed by atoms with Crippen molar-refractivity contribution in [2.75, 3.05) is 7.05 Å². The van der Waals surface area contributed by atoms with E-state index in [0.717, 1.165) is 4.90 Å². The molecule has 72 valence electrons. The Morgan fingerprint density at radius 1 is 1.21 bits per heavy atom. The summed E-state index contributed by atoms with van der Waals surface area (Å²) in [4.78, 5) is 23.5. The maximum absolute atomic E-state index is 11.5. The minimum atomic E-state index is -0.770. The molecule has 14 heavy (non-hydrogen) atoms. The SMILES string of the molecule is CN1C(=O)O[C@H](c2ccccc2)C1=O. The van der Waals surface area contributed by atoms with Gasteiger partial charge in [-0.2, -0.15) is 0 Å². The maximum Gasteiger partial charge on any atom is 0.417 e. The van der Waals surface area contributed by atoms with E-state index in [2.05, 4.69) is 0 Å². The van der Waals surface area contributed by atoms with Gasteiger partial charge in [0.1, 0.15) is 0 Å². The Labute approximate surface area is 81.1 Å². The van der Waals surface area contributed by atoms with Crippen LogP contribution in [-0.2, 0) is 9.53 Å². The van der Waals surface area contributed by atoms with Gasteiger partial charge in [-0.05, 0) is 0 Å². The fourth-order valence-electron chi connectivity index (χ4n) is 1.33. The number of ether oxygens (including phenoxy) is 1. The van der Waals surface area contributed by atoms with Crippen molar-refractivity contribution in [1.29, 1.82) is 0 Å². The average molecular weight is 191 g/mol. The van der Waals surface area contributed by atoms with E-state index < -0.39 is 12.2 Å². The topological polar surface area (TPSA) is 46.6 Å². The second-order valence-electron chi connectivity index (χ2n) is 3.07. The molecule has 4 heteroatoms.